The molecule has 3 N–H and O–H groups in total. The molecule has 0 bridgehead atoms. The molecule has 0 spiro atoms. The lowest BCUT2D eigenvalue weighted by atomic mass is 10.1. The summed E-state index contributed by atoms with van der Waals surface area (Å²) in [5.41, 5.74) is 0.202. The van der Waals surface area contributed by atoms with Crippen LogP contribution in [0.2, 0.25) is 5.02 Å². The van der Waals surface area contributed by atoms with E-state index in [0.717, 1.165) is 11.5 Å². The number of benzene rings is 3. The molecule has 0 atom stereocenters. The lowest BCUT2D eigenvalue weighted by Gasteiger charge is -2.12. The number of hydrogen-bond donors (Lipinski definition) is 3. The van der Waals surface area contributed by atoms with Gasteiger partial charge in [-0.3, -0.25) is 0 Å². The van der Waals surface area contributed by atoms with Crippen molar-refractivity contribution in [2.45, 2.75) is 24.8 Å². The van der Waals surface area contributed by atoms with Crippen LogP contribution in [-0.2, 0) is 10.0 Å². The van der Waals surface area contributed by atoms with Crippen LogP contribution in [0.15, 0.2) is 63.7 Å². The minimum Gasteiger partial charge on any atom is -0.506 e. The number of nitrogens with zero attached hydrogens (tertiary/aromatic N) is 2. The molecule has 3 aromatic carbocycles. The first-order valence-corrected chi connectivity index (χ1v) is 10.2. The Morgan fingerprint density at radius 1 is 1.00 bits per heavy atom. The molecule has 0 aliphatic carbocycles. The predicted molar refractivity (Wildman–Crippen MR) is 108 cm³/mol. The van der Waals surface area contributed by atoms with Crippen molar-refractivity contribution in [2.75, 3.05) is 0 Å². The Kier molecular flexibility index (Phi) is 5.55. The smallest absolute Gasteiger partial charge is 0.242 e. The number of azo groups is 1. The van der Waals surface area contributed by atoms with E-state index in [0.29, 0.717) is 5.39 Å². The van der Waals surface area contributed by atoms with Gasteiger partial charge in [0.1, 0.15) is 27.8 Å². The summed E-state index contributed by atoms with van der Waals surface area (Å²) in [7, 11) is -3.89. The number of hydrogen-bond acceptors (Lipinski definition) is 6. The van der Waals surface area contributed by atoms with Crippen molar-refractivity contribution in [1.29, 1.82) is 0 Å². The van der Waals surface area contributed by atoms with E-state index in [2.05, 4.69) is 15.0 Å². The van der Waals surface area contributed by atoms with Gasteiger partial charge in [-0.25, -0.2) is 13.1 Å². The Balaban J connectivity index is 2.03. The molecule has 0 aromatic heterocycles. The van der Waals surface area contributed by atoms with Crippen molar-refractivity contribution in [1.82, 2.24) is 4.72 Å². The largest absolute Gasteiger partial charge is 0.506 e. The van der Waals surface area contributed by atoms with Crippen LogP contribution in [0.4, 0.5) is 11.4 Å². The maximum absolute atomic E-state index is 12.3. The monoisotopic (exact) mass is 419 g/mol. The second-order valence-electron chi connectivity index (χ2n) is 6.40. The fourth-order valence-electron chi connectivity index (χ4n) is 2.64. The Bertz CT molecular complexity index is 1180. The number of phenolic OH excluding ortho intramolecular Hbond substituents is 2. The van der Waals surface area contributed by atoms with Gasteiger partial charge in [-0.1, -0.05) is 41.9 Å². The van der Waals surface area contributed by atoms with Crippen molar-refractivity contribution in [3.63, 3.8) is 0 Å². The summed E-state index contributed by atoms with van der Waals surface area (Å²) >= 11 is 6.10. The fourth-order valence-corrected chi connectivity index (χ4v) is 4.44. The van der Waals surface area contributed by atoms with Crippen LogP contribution >= 0.6 is 11.6 Å². The zero-order valence-electron chi connectivity index (χ0n) is 15.1. The van der Waals surface area contributed by atoms with Gasteiger partial charge in [0.15, 0.2) is 0 Å². The van der Waals surface area contributed by atoms with Crippen LogP contribution in [0, 0.1) is 0 Å². The summed E-state index contributed by atoms with van der Waals surface area (Å²) in [4.78, 5) is -0.257. The first-order chi connectivity index (χ1) is 13.2. The molecule has 0 aliphatic heterocycles. The predicted octanol–water partition coefficient (Wildman–Crippen LogP) is 5.01. The molecular weight excluding hydrogens is 402 g/mol. The summed E-state index contributed by atoms with van der Waals surface area (Å²) in [6.07, 6.45) is 0. The third-order valence-corrected chi connectivity index (χ3v) is 5.97. The van der Waals surface area contributed by atoms with Crippen LogP contribution in [0.25, 0.3) is 10.8 Å². The van der Waals surface area contributed by atoms with Crippen LogP contribution < -0.4 is 4.72 Å². The molecule has 0 aliphatic rings. The number of rotatable bonds is 5. The topological polar surface area (TPSA) is 111 Å². The van der Waals surface area contributed by atoms with Gasteiger partial charge in [-0.2, -0.15) is 0 Å². The maximum atomic E-state index is 12.3. The van der Waals surface area contributed by atoms with Gasteiger partial charge >= 0.3 is 0 Å². The molecule has 0 amide bonds. The molecule has 28 heavy (non-hydrogen) atoms. The van der Waals surface area contributed by atoms with Crippen molar-refractivity contribution in [3.8, 4) is 11.5 Å². The minimum absolute atomic E-state index is 0.0270. The molecule has 0 radical (unpaired) electrons. The second-order valence-corrected chi connectivity index (χ2v) is 8.49. The van der Waals surface area contributed by atoms with Crippen molar-refractivity contribution < 1.29 is 18.6 Å². The zero-order chi connectivity index (χ0) is 20.5. The van der Waals surface area contributed by atoms with Crippen molar-refractivity contribution >= 4 is 43.8 Å². The van der Waals surface area contributed by atoms with Crippen molar-refractivity contribution in [3.05, 3.63) is 53.6 Å². The minimum atomic E-state index is -3.89. The summed E-state index contributed by atoms with van der Waals surface area (Å²) in [6, 6.07) is 12.4. The third kappa shape index (κ3) is 4.09. The number of nitrogens with one attached hydrogen (secondary N) is 1. The summed E-state index contributed by atoms with van der Waals surface area (Å²) in [5.74, 6) is -0.481. The van der Waals surface area contributed by atoms with Gasteiger partial charge in [-0.15, -0.1) is 10.2 Å². The Morgan fingerprint density at radius 3 is 2.43 bits per heavy atom. The van der Waals surface area contributed by atoms with Crippen molar-refractivity contribution in [2.24, 2.45) is 10.2 Å². The Hall–Kier alpha value is -2.68. The van der Waals surface area contributed by atoms with Crippen LogP contribution in [0.1, 0.15) is 13.8 Å². The Labute approximate surface area is 167 Å². The van der Waals surface area contributed by atoms with Crippen LogP contribution in [0.5, 0.6) is 11.5 Å². The molecular formula is C19H18ClN3O4S. The Morgan fingerprint density at radius 2 is 1.71 bits per heavy atom. The highest BCUT2D eigenvalue weighted by Gasteiger charge is 2.21. The molecule has 3 aromatic rings. The average molecular weight is 420 g/mol. The molecule has 0 saturated carbocycles. The summed E-state index contributed by atoms with van der Waals surface area (Å²) in [6.45, 7) is 3.34. The molecule has 9 heteroatoms. The average Bonchev–Trinajstić information content (AvgIpc) is 2.62. The standard InChI is InChI=1S/C19H18ClN3O4S/c1-11(2)23-28(26,27)18-10-17(25)15(9-14(18)20)21-22-19-13-6-4-3-5-12(13)7-8-16(19)24/h3-11,23-25H,1-2H3. The van der Waals surface area contributed by atoms with Gasteiger partial charge in [0.25, 0.3) is 0 Å². The van der Waals surface area contributed by atoms with E-state index in [1.54, 1.807) is 32.0 Å². The molecule has 0 fully saturated rings. The van der Waals surface area contributed by atoms with E-state index in [1.165, 1.54) is 12.1 Å². The van der Waals surface area contributed by atoms with Gasteiger partial charge in [0.05, 0.1) is 5.02 Å². The lowest BCUT2D eigenvalue weighted by Crippen LogP contribution is -2.30. The number of aromatic hydroxyl groups is 2. The van der Waals surface area contributed by atoms with E-state index in [-0.39, 0.29) is 33.1 Å². The zero-order valence-corrected chi connectivity index (χ0v) is 16.7. The number of phenols is 2. The van der Waals surface area contributed by atoms with Gasteiger partial charge < -0.3 is 10.2 Å². The number of fused-ring (bicyclic) bond motifs is 1. The lowest BCUT2D eigenvalue weighted by molar-refractivity contribution is 0.472. The SMILES string of the molecule is CC(C)NS(=O)(=O)c1cc(O)c(N=Nc2c(O)ccc3ccccc23)cc1Cl. The maximum Gasteiger partial charge on any atom is 0.242 e. The fraction of sp³-hybridized carbons (Fsp3) is 0.158. The molecule has 3 rings (SSSR count). The molecule has 0 heterocycles. The summed E-state index contributed by atoms with van der Waals surface area (Å²) in [5, 5.41) is 29.7. The second kappa shape index (κ2) is 7.75. The summed E-state index contributed by atoms with van der Waals surface area (Å²) < 4.78 is 27.0. The molecule has 0 unspecified atom stereocenters. The van der Waals surface area contributed by atoms with E-state index >= 15 is 0 Å². The van der Waals surface area contributed by atoms with Gasteiger partial charge in [0.2, 0.25) is 10.0 Å². The number of halogens is 1. The first-order valence-electron chi connectivity index (χ1n) is 8.36. The third-order valence-electron chi connectivity index (χ3n) is 3.85. The van der Waals surface area contributed by atoms with Crippen LogP contribution in [-0.4, -0.2) is 24.7 Å². The van der Waals surface area contributed by atoms with E-state index < -0.39 is 15.8 Å². The highest BCUT2D eigenvalue weighted by molar-refractivity contribution is 7.89. The first kappa shape index (κ1) is 20.1. The molecule has 0 saturated heterocycles. The van der Waals surface area contributed by atoms with Gasteiger partial charge in [0, 0.05) is 17.5 Å². The van der Waals surface area contributed by atoms with Gasteiger partial charge in [-0.05, 0) is 31.4 Å². The van der Waals surface area contributed by atoms with E-state index in [4.69, 9.17) is 11.6 Å². The number of sulfonamides is 1. The van der Waals surface area contributed by atoms with E-state index in [9.17, 15) is 18.6 Å². The highest BCUT2D eigenvalue weighted by Crippen LogP contribution is 2.39. The molecule has 146 valence electrons. The molecule has 7 nitrogen and oxygen atoms in total. The van der Waals surface area contributed by atoms with E-state index in [1.807, 2.05) is 12.1 Å². The quantitative estimate of drug-likeness (QED) is 0.505. The highest BCUT2D eigenvalue weighted by atomic mass is 35.5. The normalized spacial score (nSPS) is 12.3. The van der Waals surface area contributed by atoms with Crippen LogP contribution in [0.3, 0.4) is 0 Å².